The zero-order valence-electron chi connectivity index (χ0n) is 66.3. The van der Waals surface area contributed by atoms with Crippen LogP contribution in [0.3, 0.4) is 0 Å². The molecule has 20 rings (SSSR count). The number of rotatable bonds is 20. The first-order chi connectivity index (χ1) is 58.0. The summed E-state index contributed by atoms with van der Waals surface area (Å²) in [5.41, 5.74) is 15.2. The molecule has 0 radical (unpaired) electrons. The van der Waals surface area contributed by atoms with E-state index in [1.807, 2.05) is 66.7 Å². The van der Waals surface area contributed by atoms with Gasteiger partial charge in [-0.25, -0.2) is 51.9 Å². The van der Waals surface area contributed by atoms with Crippen LogP contribution in [0.1, 0.15) is 134 Å². The number of anilines is 10. The number of nitrogens with one attached hydrogen (secondary N) is 10. The number of nitrogens with zero attached hydrogens (tertiary/aromatic N) is 15. The number of aryl methyl sites for hydroxylation is 1. The van der Waals surface area contributed by atoms with E-state index in [1.54, 1.807) is 73.6 Å². The summed E-state index contributed by atoms with van der Waals surface area (Å²) in [6.07, 6.45) is 19.3. The molecule has 0 amide bonds. The minimum atomic E-state index is -2.98. The van der Waals surface area contributed by atoms with Gasteiger partial charge in [0.1, 0.15) is 46.7 Å². The normalized spacial score (nSPS) is 11.9. The van der Waals surface area contributed by atoms with Crippen LogP contribution < -0.4 is 26.6 Å². The molecule has 0 saturated heterocycles. The van der Waals surface area contributed by atoms with Crippen LogP contribution in [0.2, 0.25) is 0 Å². The fraction of sp³-hybridized carbons (Fsp3) is 0.235. The number of fused-ring (bicyclic) bond motifs is 10. The Hall–Kier alpha value is -14.8. The number of alkyl halides is 4. The van der Waals surface area contributed by atoms with Crippen molar-refractivity contribution >= 4 is 168 Å². The molecule has 0 bridgehead atoms. The Morgan fingerprint density at radius 1 is 0.383 bits per heavy atom. The second-order valence-corrected chi connectivity index (χ2v) is 29.8. The van der Waals surface area contributed by atoms with Crippen molar-refractivity contribution < 1.29 is 44.4 Å². The van der Waals surface area contributed by atoms with Gasteiger partial charge in [0.25, 0.3) is 11.8 Å². The highest BCUT2D eigenvalue weighted by atomic mass is 19.3. The monoisotopic (exact) mass is 1630 g/mol. The van der Waals surface area contributed by atoms with Crippen LogP contribution in [0.15, 0.2) is 200 Å². The average molecular weight is 1630 g/mol. The third-order valence-electron chi connectivity index (χ3n) is 20.2. The lowest BCUT2D eigenvalue weighted by Gasteiger charge is -2.16. The largest absolute Gasteiger partial charge is 0.464 e. The van der Waals surface area contributed by atoms with Gasteiger partial charge in [-0.2, -0.15) is 25.5 Å². The van der Waals surface area contributed by atoms with Crippen LogP contribution >= 0.6 is 0 Å². The number of hydrogen-bond donors (Lipinski definition) is 10. The van der Waals surface area contributed by atoms with E-state index in [1.165, 1.54) is 6.07 Å². The van der Waals surface area contributed by atoms with Crippen LogP contribution in [0.4, 0.5) is 79.5 Å². The van der Waals surface area contributed by atoms with Gasteiger partial charge in [-0.05, 0) is 135 Å². The van der Waals surface area contributed by atoms with Crippen molar-refractivity contribution in [3.8, 4) is 0 Å². The van der Waals surface area contributed by atoms with E-state index < -0.39 is 17.7 Å². The third-order valence-corrected chi connectivity index (χ3v) is 20.2. The number of halogens is 5. The molecule has 0 fully saturated rings. The number of H-pyrrole nitrogens is 5. The zero-order valence-corrected chi connectivity index (χ0v) is 66.3. The van der Waals surface area contributed by atoms with Gasteiger partial charge in [0.2, 0.25) is 11.3 Å². The molecule has 5 aromatic carbocycles. The second kappa shape index (κ2) is 33.4. The molecule has 20 aromatic rings. The first-order valence-corrected chi connectivity index (χ1v) is 38.7. The molecule has 0 aliphatic heterocycles. The molecule has 10 N–H and O–H groups in total. The van der Waals surface area contributed by atoms with E-state index in [-0.39, 0.29) is 16.5 Å². The molecular formula is C85H80F5N25O5. The lowest BCUT2D eigenvalue weighted by atomic mass is 9.89. The lowest BCUT2D eigenvalue weighted by molar-refractivity contribution is 0.0175. The quantitative estimate of drug-likeness (QED) is 0.0317. The lowest BCUT2D eigenvalue weighted by Crippen LogP contribution is -2.06. The Bertz CT molecular complexity index is 6810. The highest BCUT2D eigenvalue weighted by Crippen LogP contribution is 2.41. The van der Waals surface area contributed by atoms with Gasteiger partial charge in [-0.15, -0.1) is 0 Å². The Morgan fingerprint density at radius 3 is 1.32 bits per heavy atom. The fourth-order valence-corrected chi connectivity index (χ4v) is 13.9. The van der Waals surface area contributed by atoms with E-state index in [2.05, 4.69) is 189 Å². The maximum atomic E-state index is 13.5. The zero-order chi connectivity index (χ0) is 83.4. The number of pyridine rings is 3. The van der Waals surface area contributed by atoms with Crippen LogP contribution in [-0.2, 0) is 18.3 Å². The smallest absolute Gasteiger partial charge is 0.274 e. The Kier molecular flexibility index (Phi) is 22.0. The summed E-state index contributed by atoms with van der Waals surface area (Å²) in [5, 5.41) is 69.3. The van der Waals surface area contributed by atoms with Gasteiger partial charge >= 0.3 is 0 Å². The number of furan rings is 2. The minimum absolute atomic E-state index is 0.128. The van der Waals surface area contributed by atoms with Crippen molar-refractivity contribution in [3.05, 3.63) is 211 Å². The van der Waals surface area contributed by atoms with Crippen molar-refractivity contribution in [1.29, 1.82) is 0 Å². The van der Waals surface area contributed by atoms with Gasteiger partial charge in [0.05, 0.1) is 50.7 Å². The van der Waals surface area contributed by atoms with Gasteiger partial charge in [-0.3, -0.25) is 30.5 Å². The van der Waals surface area contributed by atoms with E-state index in [4.69, 9.17) is 22.4 Å². The summed E-state index contributed by atoms with van der Waals surface area (Å²) >= 11 is 0. The minimum Gasteiger partial charge on any atom is -0.464 e. The second-order valence-electron chi connectivity index (χ2n) is 29.8. The topological polar surface area (TPSA) is 398 Å². The summed E-state index contributed by atoms with van der Waals surface area (Å²) in [5.74, 6) is -2.31. The van der Waals surface area contributed by atoms with Gasteiger partial charge < -0.3 is 49.0 Å². The van der Waals surface area contributed by atoms with Crippen molar-refractivity contribution in [2.75, 3.05) is 26.6 Å². The van der Waals surface area contributed by atoms with Crippen LogP contribution in [0, 0.1) is 11.2 Å². The molecule has 0 aliphatic rings. The summed E-state index contributed by atoms with van der Waals surface area (Å²) in [4.78, 5) is 29.2. The van der Waals surface area contributed by atoms with Crippen LogP contribution in [-0.4, -0.2) is 101 Å². The third kappa shape index (κ3) is 17.1. The molecule has 35 heteroatoms. The standard InChI is InChI=1S/C19H21N5O.C18H19N5O.C17H18N6O.C16H11F3N4O.C15H11F2N5O/c1-19(2,3)9-8-14-13-7-6-12(11-16(13)25-24-14)21-18-17-15(22-23-18)5-4-10-20-17;1-3-11(4-2)16-13-8-7-12(10-15(13)24-23-16)20-18-14-6-5-9-19-17(14)21-22-18;1-3-10(4-2)14-12-6-5-11(9-13(12)24-23-14)20-17-15-16(21-22-17)19-8-7-18-15;1-16(18,19)12-7-24-13-5-9(2-3-10(12)13)21-15-11-4-8(17)6-20-14(11)22-23-15;1-15(16,17)10-7-23-11-6-8(2-3-9(10)11)20-14-12-13(21-22-14)19-5-4-18-12/h4-7,10-11H,8-9H2,1-3H3,(H2,21,22,23);5-11H,3-4H2,1-2H3,(H2,19,20,21,22);5-10H,3-4H2,1-2H3,(H2,19,20,21,22);2-7H,1H3,(H2,20,21,22,23);2-7H,1H3,(H2,19,20,21,22). The summed E-state index contributed by atoms with van der Waals surface area (Å²) in [7, 11) is 0. The Labute approximate surface area is 678 Å². The molecule has 30 nitrogen and oxygen atoms in total. The van der Waals surface area contributed by atoms with Gasteiger partial charge in [0.15, 0.2) is 56.5 Å². The molecule has 0 saturated carbocycles. The molecule has 0 spiro atoms. The summed E-state index contributed by atoms with van der Waals surface area (Å²) in [6, 6.07) is 36.8. The number of aromatic nitrogens is 20. The average Bonchev–Trinajstić information content (AvgIpc) is 1.65. The molecule has 0 unspecified atom stereocenters. The number of benzene rings is 5. The fourth-order valence-electron chi connectivity index (χ4n) is 13.9. The number of aromatic amines is 5. The molecule has 15 heterocycles. The van der Waals surface area contributed by atoms with Gasteiger partial charge in [0, 0.05) is 149 Å². The predicted octanol–water partition coefficient (Wildman–Crippen LogP) is 22.4. The summed E-state index contributed by atoms with van der Waals surface area (Å²) in [6.45, 7) is 17.1. The van der Waals surface area contributed by atoms with Crippen LogP contribution in [0.25, 0.3) is 110 Å². The first-order valence-electron chi connectivity index (χ1n) is 38.7. The van der Waals surface area contributed by atoms with Crippen molar-refractivity contribution in [3.63, 3.8) is 0 Å². The van der Waals surface area contributed by atoms with E-state index in [9.17, 15) is 22.0 Å². The van der Waals surface area contributed by atoms with E-state index in [0.717, 1.165) is 160 Å². The number of hydrogen-bond acceptors (Lipinski definition) is 25. The highest BCUT2D eigenvalue weighted by Gasteiger charge is 2.31. The molecule has 120 heavy (non-hydrogen) atoms. The Balaban J connectivity index is 0.000000112. The van der Waals surface area contributed by atoms with Crippen molar-refractivity contribution in [2.24, 2.45) is 5.41 Å². The molecular weight excluding hydrogens is 1550 g/mol. The predicted molar refractivity (Wildman–Crippen MR) is 449 cm³/mol. The maximum absolute atomic E-state index is 13.5. The molecule has 610 valence electrons. The van der Waals surface area contributed by atoms with Crippen molar-refractivity contribution in [2.45, 2.75) is 125 Å². The van der Waals surface area contributed by atoms with Crippen molar-refractivity contribution in [1.82, 2.24) is 101 Å². The Morgan fingerprint density at radius 2 is 0.800 bits per heavy atom. The van der Waals surface area contributed by atoms with Crippen LogP contribution in [0.5, 0.6) is 0 Å². The highest BCUT2D eigenvalue weighted by molar-refractivity contribution is 5.95. The maximum Gasteiger partial charge on any atom is 0.274 e. The van der Waals surface area contributed by atoms with E-state index in [0.29, 0.717) is 107 Å². The molecule has 0 aliphatic carbocycles. The molecule has 0 atom stereocenters. The van der Waals surface area contributed by atoms with E-state index >= 15 is 0 Å². The SMILES string of the molecule is CC(C)(C)CCc1noc2cc(Nc3n[nH]c4cccnc34)ccc12.CC(F)(F)c1coc2cc(Nc3[nH]nc4ncc(F)cc34)ccc12.CC(F)(F)c1coc2cc(Nc3[nH]nc4nccnc34)ccc12.CCC(CC)c1noc2cc(Nc3[nH]nc4ncccc34)ccc12.CCC(CC)c1noc2cc(Nc3[nH]nc4nccnc34)ccc12. The summed E-state index contributed by atoms with van der Waals surface area (Å²) < 4.78 is 94.4. The molecule has 15 aromatic heterocycles. The van der Waals surface area contributed by atoms with Gasteiger partial charge in [-0.1, -0.05) is 63.9 Å². The first kappa shape index (κ1) is 79.1.